The molecule has 712 valence electrons. The fourth-order valence-corrected chi connectivity index (χ4v) is 15.3. The highest BCUT2D eigenvalue weighted by Gasteiger charge is 2.64. The van der Waals surface area contributed by atoms with Crippen molar-refractivity contribution in [2.24, 2.45) is 0 Å². The first-order valence-electron chi connectivity index (χ1n) is 38.7. The highest BCUT2D eigenvalue weighted by atomic mass is 16.8. The van der Waals surface area contributed by atoms with Gasteiger partial charge in [0, 0.05) is 40.5 Å². The number of rotatable bonds is 38. The number of aliphatic hydroxyl groups is 27. The highest BCUT2D eigenvalue weighted by Crippen LogP contribution is 2.43. The third-order valence-electron chi connectivity index (χ3n) is 21.9. The number of hydrogen-bond acceptors (Lipinski definition) is 49. The van der Waals surface area contributed by atoms with Crippen molar-refractivity contribution in [3.63, 3.8) is 0 Å². The van der Waals surface area contributed by atoms with Crippen LogP contribution < -0.4 is 21.3 Å². The Morgan fingerprint density at radius 2 is 0.756 bits per heavy atom. The van der Waals surface area contributed by atoms with Gasteiger partial charge in [0.2, 0.25) is 23.6 Å². The van der Waals surface area contributed by atoms with Crippen LogP contribution >= 0.6 is 0 Å². The molecule has 8 saturated heterocycles. The van der Waals surface area contributed by atoms with E-state index in [4.69, 9.17) is 75.8 Å². The lowest BCUT2D eigenvalue weighted by atomic mass is 9.88. The van der Waals surface area contributed by atoms with Gasteiger partial charge in [0.1, 0.15) is 201 Å². The zero-order chi connectivity index (χ0) is 91.8. The molecule has 8 fully saturated rings. The quantitative estimate of drug-likeness (QED) is 0.0273. The molecular formula is C68H114N4O51. The predicted octanol–water partition coefficient (Wildman–Crippen LogP) is -21.0. The Bertz CT molecular complexity index is 3380. The van der Waals surface area contributed by atoms with E-state index < -0.39 is 389 Å². The van der Waals surface area contributed by atoms with Crippen LogP contribution in [0.4, 0.5) is 0 Å². The number of nitrogens with one attached hydrogen (secondary N) is 4. The van der Waals surface area contributed by atoms with Crippen molar-refractivity contribution in [1.29, 1.82) is 0 Å². The van der Waals surface area contributed by atoms with Gasteiger partial charge in [0.15, 0.2) is 37.7 Å². The first-order valence-corrected chi connectivity index (χ1v) is 38.7. The lowest BCUT2D eigenvalue weighted by Gasteiger charge is -2.52. The van der Waals surface area contributed by atoms with Crippen LogP contribution in [0.25, 0.3) is 0 Å². The highest BCUT2D eigenvalue weighted by molar-refractivity contribution is 5.78. The fourth-order valence-electron chi connectivity index (χ4n) is 15.3. The number of ether oxygens (including phenoxy) is 16. The largest absolute Gasteiger partial charge is 0.477 e. The van der Waals surface area contributed by atoms with E-state index in [0.717, 1.165) is 27.7 Å². The Balaban J connectivity index is 1.20. The molecular weight excluding hydrogens is 1690 g/mol. The molecule has 8 aliphatic heterocycles. The van der Waals surface area contributed by atoms with Crippen LogP contribution in [0.1, 0.15) is 47.5 Å². The average Bonchev–Trinajstić information content (AvgIpc) is 0.759. The Morgan fingerprint density at radius 3 is 1.24 bits per heavy atom. The van der Waals surface area contributed by atoms with E-state index in [1.807, 2.05) is 0 Å². The second-order valence-corrected chi connectivity index (χ2v) is 30.8. The van der Waals surface area contributed by atoms with E-state index in [0.29, 0.717) is 0 Å². The maximum Gasteiger partial charge on any atom is 0.364 e. The number of amides is 4. The summed E-state index contributed by atoms with van der Waals surface area (Å²) in [5.41, 5.74) is 0. The van der Waals surface area contributed by atoms with Crippen molar-refractivity contribution in [1.82, 2.24) is 21.3 Å². The zero-order valence-corrected chi connectivity index (χ0v) is 66.1. The molecule has 123 heavy (non-hydrogen) atoms. The second kappa shape index (κ2) is 44.6. The van der Waals surface area contributed by atoms with Crippen LogP contribution in [0.15, 0.2) is 0 Å². The molecule has 8 aliphatic rings. The van der Waals surface area contributed by atoms with E-state index >= 15 is 0 Å². The zero-order valence-electron chi connectivity index (χ0n) is 66.1. The molecule has 55 heteroatoms. The summed E-state index contributed by atoms with van der Waals surface area (Å²) in [6, 6.07) is -8.05. The van der Waals surface area contributed by atoms with Crippen LogP contribution in [0, 0.1) is 0 Å². The Kier molecular flexibility index (Phi) is 37.5. The van der Waals surface area contributed by atoms with Gasteiger partial charge in [-0.3, -0.25) is 19.2 Å². The molecule has 4 amide bonds. The maximum absolute atomic E-state index is 13.7. The Morgan fingerprint density at radius 1 is 0.374 bits per heavy atom. The molecule has 0 bridgehead atoms. The summed E-state index contributed by atoms with van der Waals surface area (Å²) in [4.78, 5) is 78.7. The summed E-state index contributed by atoms with van der Waals surface area (Å²) >= 11 is 0. The number of carbonyl (C=O) groups is 6. The van der Waals surface area contributed by atoms with Crippen molar-refractivity contribution in [3.8, 4) is 0 Å². The number of aliphatic carboxylic acids is 2. The van der Waals surface area contributed by atoms with Crippen LogP contribution in [-0.4, -0.2) is 524 Å². The molecule has 8 heterocycles. The van der Waals surface area contributed by atoms with Crippen molar-refractivity contribution in [2.45, 2.75) is 328 Å². The SMILES string of the molecule is CC(=O)N[C@H]1[C@H](OC[C@H]2O[C@@H](O[C@@H]([C@H](O)[C@@H](O)CO)[C@H](O)CO)[C@H](O)[C@@H](O[C@@H]3O[C@H](CO[C@]4(C(=O)O)C[C@H](O)[C@@H](NC(C)=O)[C@H]([C@H](O)[C@H](O)CO)O4)[C@@H](O)[C@H](O[C@@H]4O[C@H](CO)[C@H](O)[C@H](O[C@]5(C(=O)O)C[C@H](O)[C@@H](NC(C)=O)[C@H]([C@H](O)[C@H](O)CO)O5)[C@H]4O)[C@H]3NC(C)=O)[C@H]2O)O[C@H](CO)[C@@H](O[C@@H]2O[C@H](CO)[C@H](O)[C@H](O[C@@H]3O[C@@H](C)[C@@H](O)[C@@H](O)[C@@H]3O)[C@H]2O)[C@@H]1O. The summed E-state index contributed by atoms with van der Waals surface area (Å²) in [6.45, 7) is -6.93. The third-order valence-corrected chi connectivity index (χ3v) is 21.9. The minimum Gasteiger partial charge on any atom is -0.477 e. The van der Waals surface area contributed by atoms with Crippen LogP contribution in [0.5, 0.6) is 0 Å². The van der Waals surface area contributed by atoms with E-state index in [1.165, 1.54) is 6.92 Å². The summed E-state index contributed by atoms with van der Waals surface area (Å²) in [6.07, 6.45) is -93.5. The van der Waals surface area contributed by atoms with Gasteiger partial charge in [0.25, 0.3) is 11.6 Å². The number of carbonyl (C=O) groups excluding carboxylic acids is 4. The third kappa shape index (κ3) is 23.5. The lowest BCUT2D eigenvalue weighted by Crippen LogP contribution is -2.72. The molecule has 8 rings (SSSR count). The first-order chi connectivity index (χ1) is 57.7. The molecule has 0 saturated carbocycles. The molecule has 0 radical (unpaired) electrons. The van der Waals surface area contributed by atoms with E-state index in [9.17, 15) is 177 Å². The van der Waals surface area contributed by atoms with Crippen molar-refractivity contribution < 1.29 is 253 Å². The lowest BCUT2D eigenvalue weighted by molar-refractivity contribution is -0.390. The minimum absolute atomic E-state index is 0.767. The van der Waals surface area contributed by atoms with E-state index in [1.54, 1.807) is 0 Å². The fraction of sp³-hybridized carbons (Fsp3) is 0.912. The molecule has 0 aliphatic carbocycles. The normalized spacial score (nSPS) is 43.9. The summed E-state index contributed by atoms with van der Waals surface area (Å²) in [5.74, 6) is -15.4. The maximum atomic E-state index is 13.7. The standard InChI is InChI=1S/C68H114N4O51/c1-17-37(90)46(99)47(100)61(110-17)120-56-41(94)28(12-77)111-62(48(56)101)117-52-30(14-79)113-59(35(45(52)98)71-20(4)82)108-15-31-44(97)57(49(102)63(115-31)116-51(27(89)11-76)38(91)24(86)8-73)119-60-36(72-21(5)83)53(43(96)32(114-60)16-109-67(65(104)105)6-22(84)33(69-18(2)80)54(121-67)39(92)25(87)9-74)118-64-50(103)58(42(95)29(13-78)112-64)123-68(66(106)107)7-23(85)34(70-19(3)81)55(122-68)40(93)26(88)10-75/h17,22-64,73-79,84-103H,6-16H2,1-5H3,(H,69,80)(H,70,81)(H,71,82)(H,72,83)(H,104,105)(H,106,107)/t17-,22-,23-,24-,25+,26+,27+,28+,29+,30+,31+,32+,33+,34+,35+,36+,37+,38+,39+,40+,41-,42-,43+,44-,45+,46+,47-,48+,49+,50+,51+,52+,53+,54+,55+,56-,57-,58-,59+,60-,61-,62-,63-,64-,67+,68-/m0/s1. The van der Waals surface area contributed by atoms with E-state index in [2.05, 4.69) is 21.3 Å². The molecule has 0 spiro atoms. The molecule has 46 atom stereocenters. The van der Waals surface area contributed by atoms with Crippen molar-refractivity contribution in [2.75, 3.05) is 59.5 Å². The number of carboxylic acid groups (broad SMARTS) is 2. The van der Waals surface area contributed by atoms with Gasteiger partial charge in [-0.1, -0.05) is 0 Å². The van der Waals surface area contributed by atoms with Crippen LogP contribution in [0.2, 0.25) is 0 Å². The van der Waals surface area contributed by atoms with Crippen LogP contribution in [0.3, 0.4) is 0 Å². The Labute approximate surface area is 695 Å². The molecule has 55 nitrogen and oxygen atoms in total. The summed E-state index contributed by atoms with van der Waals surface area (Å²) in [7, 11) is 0. The summed E-state index contributed by atoms with van der Waals surface area (Å²) in [5, 5.41) is 331. The van der Waals surface area contributed by atoms with Gasteiger partial charge in [0.05, 0.1) is 89.9 Å². The van der Waals surface area contributed by atoms with Gasteiger partial charge in [-0.2, -0.15) is 0 Å². The molecule has 0 aromatic heterocycles. The molecule has 0 aromatic carbocycles. The molecule has 0 unspecified atom stereocenters. The van der Waals surface area contributed by atoms with Crippen molar-refractivity contribution in [3.05, 3.63) is 0 Å². The van der Waals surface area contributed by atoms with Crippen molar-refractivity contribution >= 4 is 35.6 Å². The van der Waals surface area contributed by atoms with Crippen LogP contribution in [-0.2, 0) is 105 Å². The topological polar surface area (TPSA) is 885 Å². The van der Waals surface area contributed by atoms with Gasteiger partial charge in [-0.25, -0.2) is 9.59 Å². The summed E-state index contributed by atoms with van der Waals surface area (Å²) < 4.78 is 94.1. The van der Waals surface area contributed by atoms with Gasteiger partial charge in [-0.05, 0) is 6.92 Å². The second-order valence-electron chi connectivity index (χ2n) is 30.8. The number of aliphatic hydroxyl groups excluding tert-OH is 27. The first kappa shape index (κ1) is 103. The van der Waals surface area contributed by atoms with Gasteiger partial charge in [-0.15, -0.1) is 0 Å². The average molecular weight is 1800 g/mol. The number of carboxylic acids is 2. The van der Waals surface area contributed by atoms with Gasteiger partial charge < -0.3 is 245 Å². The number of hydrogen-bond donors (Lipinski definition) is 33. The smallest absolute Gasteiger partial charge is 0.364 e. The minimum atomic E-state index is -3.46. The predicted molar refractivity (Wildman–Crippen MR) is 379 cm³/mol. The molecule has 33 N–H and O–H groups in total. The van der Waals surface area contributed by atoms with Gasteiger partial charge >= 0.3 is 11.9 Å². The molecule has 0 aromatic rings. The van der Waals surface area contributed by atoms with E-state index in [-0.39, 0.29) is 0 Å². The monoisotopic (exact) mass is 1800 g/mol. The Hall–Kier alpha value is -4.90.